The molecule has 1 saturated heterocycles. The smallest absolute Gasteiger partial charge is 0.410 e. The van der Waals surface area contributed by atoms with Gasteiger partial charge in [-0.05, 0) is 51.7 Å². The molecule has 1 fully saturated rings. The fraction of sp³-hybridized carbons (Fsp3) is 0.650. The van der Waals surface area contributed by atoms with Gasteiger partial charge >= 0.3 is 6.09 Å². The molecule has 1 unspecified atom stereocenters. The normalized spacial score (nSPS) is 16.7. The van der Waals surface area contributed by atoms with Gasteiger partial charge in [-0.3, -0.25) is 0 Å². The number of amides is 1. The van der Waals surface area contributed by atoms with Crippen LogP contribution in [0.25, 0.3) is 0 Å². The predicted molar refractivity (Wildman–Crippen MR) is 111 cm³/mol. The third-order valence-electron chi connectivity index (χ3n) is 4.48. The number of nitrogens with one attached hydrogen (secondary N) is 2. The Bertz CT molecular complexity index is 598. The lowest BCUT2D eigenvalue weighted by atomic mass is 9.97. The van der Waals surface area contributed by atoms with Gasteiger partial charge in [0, 0.05) is 26.2 Å². The van der Waals surface area contributed by atoms with E-state index in [0.717, 1.165) is 43.9 Å². The summed E-state index contributed by atoms with van der Waals surface area (Å²) in [4.78, 5) is 13.9. The molecule has 152 valence electrons. The summed E-state index contributed by atoms with van der Waals surface area (Å²) in [5.74, 6) is 0.712. The number of halogens is 1. The van der Waals surface area contributed by atoms with E-state index < -0.39 is 11.7 Å². The first-order chi connectivity index (χ1) is 12.8. The summed E-state index contributed by atoms with van der Waals surface area (Å²) in [5.41, 5.74) is 1.50. The molecule has 0 radical (unpaired) electrons. The van der Waals surface area contributed by atoms with E-state index in [1.807, 2.05) is 45.0 Å². The van der Waals surface area contributed by atoms with Crippen molar-refractivity contribution in [3.05, 3.63) is 24.3 Å². The number of piperidine rings is 1. The van der Waals surface area contributed by atoms with Gasteiger partial charge < -0.3 is 25.4 Å². The molecule has 0 bridgehead atoms. The number of likely N-dealkylation sites (tertiary alicyclic amines) is 1. The molecule has 0 aliphatic carbocycles. The topological polar surface area (TPSA) is 73.8 Å². The second kappa shape index (κ2) is 10.0. The van der Waals surface area contributed by atoms with E-state index in [2.05, 4.69) is 10.6 Å². The maximum Gasteiger partial charge on any atom is 0.410 e. The van der Waals surface area contributed by atoms with Crippen molar-refractivity contribution in [1.29, 1.82) is 0 Å². The second-order valence-corrected chi connectivity index (χ2v) is 8.33. The quantitative estimate of drug-likeness (QED) is 0.611. The number of rotatable bonds is 7. The van der Waals surface area contributed by atoms with Gasteiger partial charge in [0.25, 0.3) is 0 Å². The molecular weight excluding hydrogens is 366 g/mol. The van der Waals surface area contributed by atoms with Crippen molar-refractivity contribution < 1.29 is 14.6 Å². The lowest BCUT2D eigenvalue weighted by molar-refractivity contribution is 0.0188. The third kappa shape index (κ3) is 7.46. The summed E-state index contributed by atoms with van der Waals surface area (Å²) in [5, 5.41) is 16.4. The van der Waals surface area contributed by atoms with Gasteiger partial charge in [0.15, 0.2) is 0 Å². The Morgan fingerprint density at radius 2 is 1.85 bits per heavy atom. The van der Waals surface area contributed by atoms with Gasteiger partial charge in [0.1, 0.15) is 5.60 Å². The molecule has 1 heterocycles. The summed E-state index contributed by atoms with van der Waals surface area (Å²) in [6.45, 7) is 8.37. The highest BCUT2D eigenvalue weighted by Gasteiger charge is 2.26. The van der Waals surface area contributed by atoms with E-state index in [1.165, 1.54) is 0 Å². The minimum absolute atomic E-state index is 0.207. The lowest BCUT2D eigenvalue weighted by Crippen LogP contribution is -2.42. The molecule has 1 aliphatic heterocycles. The lowest BCUT2D eigenvalue weighted by Gasteiger charge is -2.33. The Labute approximate surface area is 167 Å². The molecule has 6 nitrogen and oxygen atoms in total. The molecular formula is C20H32ClN3O3. The average Bonchev–Trinajstić information content (AvgIpc) is 2.64. The monoisotopic (exact) mass is 397 g/mol. The van der Waals surface area contributed by atoms with E-state index in [-0.39, 0.29) is 12.0 Å². The van der Waals surface area contributed by atoms with Gasteiger partial charge in [-0.25, -0.2) is 4.79 Å². The van der Waals surface area contributed by atoms with Crippen molar-refractivity contribution in [3.63, 3.8) is 0 Å². The number of hydrogen-bond acceptors (Lipinski definition) is 5. The molecule has 1 aliphatic rings. The summed E-state index contributed by atoms with van der Waals surface area (Å²) in [6.07, 6.45) is 1.11. The molecule has 1 amide bonds. The van der Waals surface area contributed by atoms with Crippen LogP contribution in [0.4, 0.5) is 16.2 Å². The molecule has 3 N–H and O–H groups in total. The van der Waals surface area contributed by atoms with Crippen LogP contribution in [0.15, 0.2) is 24.3 Å². The fourth-order valence-corrected chi connectivity index (χ4v) is 3.08. The molecule has 1 aromatic rings. The Balaban J connectivity index is 1.79. The molecule has 0 spiro atoms. The van der Waals surface area contributed by atoms with Crippen LogP contribution in [0.5, 0.6) is 0 Å². The number of hydrogen-bond donors (Lipinski definition) is 3. The number of carbonyl (C=O) groups excluding carboxylic acids is 1. The zero-order chi connectivity index (χ0) is 19.9. The zero-order valence-electron chi connectivity index (χ0n) is 16.5. The maximum atomic E-state index is 12.1. The van der Waals surface area contributed by atoms with E-state index in [0.29, 0.717) is 12.5 Å². The van der Waals surface area contributed by atoms with Gasteiger partial charge in [-0.1, -0.05) is 12.1 Å². The number of nitrogens with zero attached hydrogens (tertiary/aromatic N) is 1. The number of benzene rings is 1. The predicted octanol–water partition coefficient (Wildman–Crippen LogP) is 3.76. The highest BCUT2D eigenvalue weighted by molar-refractivity contribution is 6.18. The number of aliphatic hydroxyl groups is 1. The highest BCUT2D eigenvalue weighted by Crippen LogP contribution is 2.24. The Hall–Kier alpha value is -1.66. The minimum Gasteiger partial charge on any atom is -0.444 e. The van der Waals surface area contributed by atoms with Crippen LogP contribution in [0.2, 0.25) is 0 Å². The Kier molecular flexibility index (Phi) is 8.05. The van der Waals surface area contributed by atoms with E-state index in [9.17, 15) is 9.90 Å². The number of para-hydroxylation sites is 2. The summed E-state index contributed by atoms with van der Waals surface area (Å²) < 4.78 is 5.45. The van der Waals surface area contributed by atoms with Crippen molar-refractivity contribution in [2.75, 3.05) is 42.7 Å². The molecule has 1 aromatic carbocycles. The SMILES string of the molecule is CC(C)(C)OC(=O)N1CCC(CNc2ccccc2NCC(O)CCl)CC1. The Morgan fingerprint density at radius 1 is 1.26 bits per heavy atom. The van der Waals surface area contributed by atoms with Crippen LogP contribution in [0.1, 0.15) is 33.6 Å². The van der Waals surface area contributed by atoms with Crippen molar-refractivity contribution >= 4 is 29.1 Å². The Morgan fingerprint density at radius 3 is 2.41 bits per heavy atom. The van der Waals surface area contributed by atoms with Gasteiger partial charge in [-0.2, -0.15) is 0 Å². The van der Waals surface area contributed by atoms with Crippen LogP contribution < -0.4 is 10.6 Å². The molecule has 0 aromatic heterocycles. The number of alkyl halides is 1. The first-order valence-electron chi connectivity index (χ1n) is 9.57. The zero-order valence-corrected chi connectivity index (χ0v) is 17.3. The first kappa shape index (κ1) is 21.6. The first-order valence-corrected chi connectivity index (χ1v) is 10.1. The molecule has 2 rings (SSSR count). The number of carbonyl (C=O) groups is 1. The van der Waals surface area contributed by atoms with Gasteiger partial charge in [0.05, 0.1) is 23.4 Å². The summed E-state index contributed by atoms with van der Waals surface area (Å²) in [6, 6.07) is 7.94. The number of ether oxygens (including phenoxy) is 1. The second-order valence-electron chi connectivity index (χ2n) is 8.03. The van der Waals surface area contributed by atoms with Crippen LogP contribution >= 0.6 is 11.6 Å². The molecule has 7 heteroatoms. The van der Waals surface area contributed by atoms with Gasteiger partial charge in [-0.15, -0.1) is 11.6 Å². The summed E-state index contributed by atoms with van der Waals surface area (Å²) in [7, 11) is 0. The van der Waals surface area contributed by atoms with Crippen molar-refractivity contribution in [1.82, 2.24) is 4.90 Å². The number of anilines is 2. The maximum absolute atomic E-state index is 12.1. The van der Waals surface area contributed by atoms with Crippen LogP contribution in [-0.2, 0) is 4.74 Å². The molecule has 1 atom stereocenters. The van der Waals surface area contributed by atoms with E-state index in [4.69, 9.17) is 16.3 Å². The largest absolute Gasteiger partial charge is 0.444 e. The highest BCUT2D eigenvalue weighted by atomic mass is 35.5. The van der Waals surface area contributed by atoms with Crippen molar-refractivity contribution in [2.45, 2.75) is 45.3 Å². The van der Waals surface area contributed by atoms with Crippen LogP contribution in [0.3, 0.4) is 0 Å². The van der Waals surface area contributed by atoms with Crippen LogP contribution in [-0.4, -0.2) is 59.9 Å². The standard InChI is InChI=1S/C20H32ClN3O3/c1-20(2,3)27-19(26)24-10-8-15(9-11-24)13-22-17-6-4-5-7-18(17)23-14-16(25)12-21/h4-7,15-16,22-23,25H,8-14H2,1-3H3. The van der Waals surface area contributed by atoms with E-state index >= 15 is 0 Å². The average molecular weight is 398 g/mol. The minimum atomic E-state index is -0.572. The fourth-order valence-electron chi connectivity index (χ4n) is 2.97. The molecule has 27 heavy (non-hydrogen) atoms. The van der Waals surface area contributed by atoms with Crippen molar-refractivity contribution in [3.8, 4) is 0 Å². The van der Waals surface area contributed by atoms with Crippen LogP contribution in [0, 0.1) is 5.92 Å². The molecule has 0 saturated carbocycles. The van der Waals surface area contributed by atoms with E-state index in [1.54, 1.807) is 4.90 Å². The third-order valence-corrected chi connectivity index (χ3v) is 4.84. The summed E-state index contributed by atoms with van der Waals surface area (Å²) >= 11 is 5.65. The van der Waals surface area contributed by atoms with Crippen molar-refractivity contribution in [2.24, 2.45) is 5.92 Å². The van der Waals surface area contributed by atoms with Gasteiger partial charge in [0.2, 0.25) is 0 Å². The number of aliphatic hydroxyl groups excluding tert-OH is 1.